The van der Waals surface area contributed by atoms with Crippen LogP contribution in [0.1, 0.15) is 6.92 Å². The molecule has 1 rings (SSSR count). The van der Waals surface area contributed by atoms with Crippen LogP contribution in [0.15, 0.2) is 17.1 Å². The third-order valence-electron chi connectivity index (χ3n) is 2.47. The van der Waals surface area contributed by atoms with Crippen molar-refractivity contribution in [3.63, 3.8) is 0 Å². The number of ether oxygens (including phenoxy) is 1. The molecule has 0 aromatic carbocycles. The maximum absolute atomic E-state index is 11.4. The van der Waals surface area contributed by atoms with Gasteiger partial charge in [-0.25, -0.2) is 4.68 Å². The lowest BCUT2D eigenvalue weighted by atomic mass is 10.7. The lowest BCUT2D eigenvalue weighted by molar-refractivity contribution is 0.0683. The van der Waals surface area contributed by atoms with E-state index in [1.54, 1.807) is 16.9 Å². The first-order chi connectivity index (χ1) is 7.44. The van der Waals surface area contributed by atoms with Gasteiger partial charge in [0.15, 0.2) is 0 Å². The van der Waals surface area contributed by atoms with E-state index in [9.17, 15) is 4.79 Å². The highest BCUT2D eigenvalue weighted by atomic mass is 28.3. The first kappa shape index (κ1) is 13.3. The molecule has 1 heterocycles. The predicted octanol–water partition coefficient (Wildman–Crippen LogP) is 1.98. The van der Waals surface area contributed by atoms with E-state index in [1.165, 1.54) is 0 Å². The van der Waals surface area contributed by atoms with Gasteiger partial charge in [0.2, 0.25) is 0 Å². The van der Waals surface area contributed by atoms with Gasteiger partial charge in [-0.1, -0.05) is 19.6 Å². The van der Waals surface area contributed by atoms with Gasteiger partial charge in [0.05, 0.1) is 0 Å². The lowest BCUT2D eigenvalue weighted by Gasteiger charge is -2.16. The number of nitrogens with zero attached hydrogens (tertiary/aromatic N) is 2. The standard InChI is InChI=1S/C11H22N2O2Si/c1-5-13-11(14)6-7-12(13)10-15-8-9-16(2,3)4/h6-7H,5,8-10H2,1-4H3. The zero-order valence-corrected chi connectivity index (χ0v) is 11.7. The Kier molecular flexibility index (Phi) is 4.55. The van der Waals surface area contributed by atoms with Crippen molar-refractivity contribution in [1.82, 2.24) is 9.36 Å². The summed E-state index contributed by atoms with van der Waals surface area (Å²) in [5.74, 6) is 0. The highest BCUT2D eigenvalue weighted by Gasteiger charge is 2.12. The van der Waals surface area contributed by atoms with E-state index >= 15 is 0 Å². The van der Waals surface area contributed by atoms with Gasteiger partial charge >= 0.3 is 0 Å². The molecular formula is C11H22N2O2Si. The number of aromatic nitrogens is 2. The van der Waals surface area contributed by atoms with Crippen molar-refractivity contribution in [2.24, 2.45) is 0 Å². The summed E-state index contributed by atoms with van der Waals surface area (Å²) in [6.45, 7) is 10.9. The Morgan fingerprint density at radius 2 is 2.06 bits per heavy atom. The Hall–Kier alpha value is -0.813. The summed E-state index contributed by atoms with van der Waals surface area (Å²) in [6, 6.07) is 2.73. The second kappa shape index (κ2) is 5.50. The molecule has 0 bridgehead atoms. The average Bonchev–Trinajstić information content (AvgIpc) is 2.52. The minimum Gasteiger partial charge on any atom is -0.360 e. The Morgan fingerprint density at radius 3 is 2.62 bits per heavy atom. The second-order valence-corrected chi connectivity index (χ2v) is 10.8. The van der Waals surface area contributed by atoms with Crippen LogP contribution in [0.4, 0.5) is 0 Å². The minimum atomic E-state index is -1.01. The van der Waals surface area contributed by atoms with Gasteiger partial charge in [-0.15, -0.1) is 0 Å². The molecule has 4 nitrogen and oxygen atoms in total. The molecule has 0 aliphatic carbocycles. The van der Waals surface area contributed by atoms with Crippen molar-refractivity contribution in [2.75, 3.05) is 6.61 Å². The Balaban J connectivity index is 2.40. The Bertz CT molecular complexity index is 376. The molecule has 0 saturated carbocycles. The summed E-state index contributed by atoms with van der Waals surface area (Å²) in [4.78, 5) is 11.4. The van der Waals surface area contributed by atoms with Crippen molar-refractivity contribution in [3.8, 4) is 0 Å². The minimum absolute atomic E-state index is 0.0382. The fraction of sp³-hybridized carbons (Fsp3) is 0.727. The summed E-state index contributed by atoms with van der Waals surface area (Å²) in [6.07, 6.45) is 1.78. The molecule has 0 aliphatic rings. The molecule has 0 aliphatic heterocycles. The van der Waals surface area contributed by atoms with Crippen LogP contribution in [0.25, 0.3) is 0 Å². The van der Waals surface area contributed by atoms with E-state index in [4.69, 9.17) is 4.74 Å². The van der Waals surface area contributed by atoms with E-state index in [2.05, 4.69) is 19.6 Å². The van der Waals surface area contributed by atoms with Gasteiger partial charge < -0.3 is 4.74 Å². The van der Waals surface area contributed by atoms with Crippen LogP contribution in [0, 0.1) is 0 Å². The van der Waals surface area contributed by atoms with Crippen LogP contribution in [-0.4, -0.2) is 24.0 Å². The van der Waals surface area contributed by atoms with E-state index in [0.29, 0.717) is 13.3 Å². The summed E-state index contributed by atoms with van der Waals surface area (Å²) < 4.78 is 9.09. The quantitative estimate of drug-likeness (QED) is 0.565. The summed E-state index contributed by atoms with van der Waals surface area (Å²) in [5, 5.41) is 0. The smallest absolute Gasteiger partial charge is 0.266 e. The molecule has 16 heavy (non-hydrogen) atoms. The van der Waals surface area contributed by atoms with Crippen LogP contribution in [0.5, 0.6) is 0 Å². The zero-order valence-electron chi connectivity index (χ0n) is 10.7. The molecule has 0 radical (unpaired) electrons. The lowest BCUT2D eigenvalue weighted by Crippen LogP contribution is -2.25. The average molecular weight is 242 g/mol. The Morgan fingerprint density at radius 1 is 1.38 bits per heavy atom. The van der Waals surface area contributed by atoms with E-state index in [0.717, 1.165) is 12.7 Å². The molecule has 92 valence electrons. The van der Waals surface area contributed by atoms with Gasteiger partial charge in [0, 0.05) is 33.5 Å². The van der Waals surface area contributed by atoms with Gasteiger partial charge in [-0.3, -0.25) is 9.48 Å². The summed E-state index contributed by atoms with van der Waals surface area (Å²) in [5.41, 5.74) is 0.0382. The maximum atomic E-state index is 11.4. The molecule has 0 saturated heterocycles. The molecular weight excluding hydrogens is 220 g/mol. The molecule has 0 fully saturated rings. The van der Waals surface area contributed by atoms with Crippen LogP contribution in [0.3, 0.4) is 0 Å². The highest BCUT2D eigenvalue weighted by Crippen LogP contribution is 2.07. The fourth-order valence-electron chi connectivity index (χ4n) is 1.43. The number of hydrogen-bond acceptors (Lipinski definition) is 2. The molecule has 0 atom stereocenters. The Labute approximate surface area is 97.8 Å². The third-order valence-corrected chi connectivity index (χ3v) is 4.18. The largest absolute Gasteiger partial charge is 0.360 e. The predicted molar refractivity (Wildman–Crippen MR) is 68.5 cm³/mol. The third kappa shape index (κ3) is 3.98. The van der Waals surface area contributed by atoms with Crippen molar-refractivity contribution in [1.29, 1.82) is 0 Å². The SMILES string of the molecule is CCn1c(=O)ccn1COCC[Si](C)(C)C. The summed E-state index contributed by atoms with van der Waals surface area (Å²) >= 11 is 0. The number of rotatable bonds is 6. The first-order valence-electron chi connectivity index (χ1n) is 5.78. The van der Waals surface area contributed by atoms with E-state index in [1.807, 2.05) is 11.6 Å². The van der Waals surface area contributed by atoms with Crippen molar-refractivity contribution < 1.29 is 4.74 Å². The van der Waals surface area contributed by atoms with Crippen LogP contribution < -0.4 is 5.56 Å². The van der Waals surface area contributed by atoms with Gasteiger partial charge in [0.1, 0.15) is 6.73 Å². The zero-order chi connectivity index (χ0) is 12.2. The first-order valence-corrected chi connectivity index (χ1v) is 9.49. The van der Waals surface area contributed by atoms with Gasteiger partial charge in [0.25, 0.3) is 5.56 Å². The summed E-state index contributed by atoms with van der Waals surface area (Å²) in [7, 11) is -1.01. The molecule has 1 aromatic heterocycles. The van der Waals surface area contributed by atoms with Gasteiger partial charge in [-0.2, -0.15) is 0 Å². The molecule has 5 heteroatoms. The molecule has 0 spiro atoms. The van der Waals surface area contributed by atoms with E-state index in [-0.39, 0.29) is 5.56 Å². The maximum Gasteiger partial charge on any atom is 0.266 e. The van der Waals surface area contributed by atoms with Crippen molar-refractivity contribution in [3.05, 3.63) is 22.6 Å². The van der Waals surface area contributed by atoms with Crippen molar-refractivity contribution in [2.45, 2.75) is 45.9 Å². The topological polar surface area (TPSA) is 36.2 Å². The monoisotopic (exact) mass is 242 g/mol. The van der Waals surface area contributed by atoms with Gasteiger partial charge in [-0.05, 0) is 13.0 Å². The van der Waals surface area contributed by atoms with Crippen LogP contribution in [-0.2, 0) is 18.0 Å². The van der Waals surface area contributed by atoms with Crippen molar-refractivity contribution >= 4 is 8.07 Å². The molecule has 0 N–H and O–H groups in total. The van der Waals surface area contributed by atoms with Crippen LogP contribution in [0.2, 0.25) is 25.7 Å². The van der Waals surface area contributed by atoms with E-state index < -0.39 is 8.07 Å². The highest BCUT2D eigenvalue weighted by molar-refractivity contribution is 6.76. The second-order valence-electron chi connectivity index (χ2n) is 5.16. The fourth-order valence-corrected chi connectivity index (χ4v) is 2.19. The number of hydrogen-bond donors (Lipinski definition) is 0. The normalized spacial score (nSPS) is 12.0. The molecule has 0 amide bonds. The molecule has 1 aromatic rings. The molecule has 0 unspecified atom stereocenters. The van der Waals surface area contributed by atoms with Crippen LogP contribution >= 0.6 is 0 Å².